The third kappa shape index (κ3) is 0.651. The van der Waals surface area contributed by atoms with E-state index in [9.17, 15) is 4.79 Å². The monoisotopic (exact) mass is 176 g/mol. The fraction of sp³-hybridized carbons (Fsp3) is 0.750. The van der Waals surface area contributed by atoms with Crippen LogP contribution in [0.5, 0.6) is 0 Å². The van der Waals surface area contributed by atoms with Crippen LogP contribution in [0.1, 0.15) is 20.3 Å². The molecule has 3 fully saturated rings. The summed E-state index contributed by atoms with van der Waals surface area (Å²) in [6.07, 6.45) is 3.29. The molecule has 3 saturated carbocycles. The molecule has 1 nitrogen and oxygen atoms in total. The predicted molar refractivity (Wildman–Crippen MR) is 51.1 cm³/mol. The summed E-state index contributed by atoms with van der Waals surface area (Å²) in [4.78, 5) is 12.0. The van der Waals surface area contributed by atoms with Gasteiger partial charge in [0.25, 0.3) is 0 Å². The molecule has 0 saturated heterocycles. The summed E-state index contributed by atoms with van der Waals surface area (Å²) in [5, 5.41) is 0. The quantitative estimate of drug-likeness (QED) is 0.560. The standard InChI is InChI=1S/C12H16O/c1-4-6-5-7-9-8(6)10(9)11(13)12(7,2)3/h4,6-10H,1,5H2,2-3H3/t6-,7-,8+,9-,10+/m1/s1. The van der Waals surface area contributed by atoms with Gasteiger partial charge in [-0.25, -0.2) is 0 Å². The van der Waals surface area contributed by atoms with E-state index in [4.69, 9.17) is 0 Å². The van der Waals surface area contributed by atoms with Crippen LogP contribution in [0.25, 0.3) is 0 Å². The number of hydrogen-bond donors (Lipinski definition) is 0. The van der Waals surface area contributed by atoms with Gasteiger partial charge in [-0.2, -0.15) is 0 Å². The molecule has 0 N–H and O–H groups in total. The molecular formula is C12H16O. The Labute approximate surface area is 79.2 Å². The molecule has 0 spiro atoms. The number of hydrogen-bond acceptors (Lipinski definition) is 1. The lowest BCUT2D eigenvalue weighted by atomic mass is 9.78. The maximum absolute atomic E-state index is 12.0. The van der Waals surface area contributed by atoms with Gasteiger partial charge in [-0.15, -0.1) is 6.58 Å². The molecule has 0 unspecified atom stereocenters. The maximum Gasteiger partial charge on any atom is 0.142 e. The lowest BCUT2D eigenvalue weighted by Gasteiger charge is -2.24. The van der Waals surface area contributed by atoms with Gasteiger partial charge in [0.15, 0.2) is 0 Å². The van der Waals surface area contributed by atoms with Crippen LogP contribution in [0, 0.1) is 35.0 Å². The topological polar surface area (TPSA) is 17.1 Å². The molecule has 13 heavy (non-hydrogen) atoms. The highest BCUT2D eigenvalue weighted by Gasteiger charge is 2.74. The van der Waals surface area contributed by atoms with Gasteiger partial charge >= 0.3 is 0 Å². The molecule has 0 bridgehead atoms. The van der Waals surface area contributed by atoms with Crippen LogP contribution in [0.4, 0.5) is 0 Å². The van der Waals surface area contributed by atoms with Crippen LogP contribution in [0.3, 0.4) is 0 Å². The Morgan fingerprint density at radius 1 is 1.46 bits per heavy atom. The minimum Gasteiger partial charge on any atom is -0.299 e. The van der Waals surface area contributed by atoms with Crippen molar-refractivity contribution in [1.29, 1.82) is 0 Å². The van der Waals surface area contributed by atoms with Crippen molar-refractivity contribution >= 4 is 5.78 Å². The first-order chi connectivity index (χ1) is 6.09. The molecule has 70 valence electrons. The smallest absolute Gasteiger partial charge is 0.142 e. The molecular weight excluding hydrogens is 160 g/mol. The highest BCUT2D eigenvalue weighted by Crippen LogP contribution is 2.74. The number of Topliss-reactive ketones (excluding diaryl/α,β-unsaturated/α-hetero) is 1. The highest BCUT2D eigenvalue weighted by molar-refractivity contribution is 5.93. The molecule has 0 aromatic rings. The molecule has 0 amide bonds. The lowest BCUT2D eigenvalue weighted by Crippen LogP contribution is -2.27. The number of carbonyl (C=O) groups excluding carboxylic acids is 1. The minimum atomic E-state index is -0.0242. The first-order valence-corrected chi connectivity index (χ1v) is 5.26. The van der Waals surface area contributed by atoms with Crippen LogP contribution in [-0.4, -0.2) is 5.78 Å². The zero-order chi connectivity index (χ0) is 9.38. The lowest BCUT2D eigenvalue weighted by molar-refractivity contribution is -0.127. The predicted octanol–water partition coefficient (Wildman–Crippen LogP) is 2.28. The van der Waals surface area contributed by atoms with Crippen molar-refractivity contribution in [2.45, 2.75) is 20.3 Å². The fourth-order valence-electron chi connectivity index (χ4n) is 4.03. The number of rotatable bonds is 1. The number of carbonyl (C=O) groups is 1. The largest absolute Gasteiger partial charge is 0.299 e. The van der Waals surface area contributed by atoms with E-state index in [-0.39, 0.29) is 5.41 Å². The molecule has 1 heteroatoms. The molecule has 0 aromatic carbocycles. The van der Waals surface area contributed by atoms with E-state index in [1.165, 1.54) is 6.42 Å². The molecule has 5 atom stereocenters. The molecule has 3 aliphatic carbocycles. The number of ketones is 1. The SMILES string of the molecule is C=C[C@@H]1C[C@@H]2[C@H]3[C@@H](C(=O)C2(C)C)[C@H]31. The summed E-state index contributed by atoms with van der Waals surface area (Å²) >= 11 is 0. The van der Waals surface area contributed by atoms with Crippen LogP contribution in [0.15, 0.2) is 12.7 Å². The van der Waals surface area contributed by atoms with E-state index < -0.39 is 0 Å². The average Bonchev–Trinajstić information content (AvgIpc) is 2.64. The fourth-order valence-corrected chi connectivity index (χ4v) is 4.03. The van der Waals surface area contributed by atoms with Crippen LogP contribution >= 0.6 is 0 Å². The van der Waals surface area contributed by atoms with E-state index in [1.807, 2.05) is 0 Å². The van der Waals surface area contributed by atoms with E-state index in [0.29, 0.717) is 29.5 Å². The van der Waals surface area contributed by atoms with Crippen molar-refractivity contribution in [3.8, 4) is 0 Å². The molecule has 0 radical (unpaired) electrons. The van der Waals surface area contributed by atoms with Gasteiger partial charge < -0.3 is 0 Å². The van der Waals surface area contributed by atoms with E-state index in [2.05, 4.69) is 26.5 Å². The Morgan fingerprint density at radius 2 is 2.15 bits per heavy atom. The third-order valence-corrected chi connectivity index (χ3v) is 4.79. The van der Waals surface area contributed by atoms with Gasteiger partial charge in [-0.05, 0) is 30.1 Å². The van der Waals surface area contributed by atoms with E-state index >= 15 is 0 Å². The molecule has 0 aliphatic heterocycles. The summed E-state index contributed by atoms with van der Waals surface area (Å²) in [5.41, 5.74) is -0.0242. The Hall–Kier alpha value is -0.590. The van der Waals surface area contributed by atoms with Gasteiger partial charge in [-0.3, -0.25) is 4.79 Å². The second-order valence-corrected chi connectivity index (χ2v) is 5.51. The molecule has 0 heterocycles. The number of fused-ring (bicyclic) bond motifs is 1. The second-order valence-electron chi connectivity index (χ2n) is 5.51. The average molecular weight is 176 g/mol. The summed E-state index contributed by atoms with van der Waals surface area (Å²) in [5.74, 6) is 3.71. The van der Waals surface area contributed by atoms with Crippen molar-refractivity contribution in [2.75, 3.05) is 0 Å². The van der Waals surface area contributed by atoms with Gasteiger partial charge in [0, 0.05) is 11.3 Å². The van der Waals surface area contributed by atoms with Crippen molar-refractivity contribution in [3.63, 3.8) is 0 Å². The van der Waals surface area contributed by atoms with E-state index in [1.54, 1.807) is 0 Å². The first-order valence-electron chi connectivity index (χ1n) is 5.26. The summed E-state index contributed by atoms with van der Waals surface area (Å²) < 4.78 is 0. The zero-order valence-electron chi connectivity index (χ0n) is 8.29. The Morgan fingerprint density at radius 3 is 2.62 bits per heavy atom. The van der Waals surface area contributed by atoms with E-state index in [0.717, 1.165) is 5.92 Å². The van der Waals surface area contributed by atoms with Crippen molar-refractivity contribution in [2.24, 2.45) is 35.0 Å². The maximum atomic E-state index is 12.0. The Kier molecular flexibility index (Phi) is 1.15. The summed E-state index contributed by atoms with van der Waals surface area (Å²) in [6, 6.07) is 0. The van der Waals surface area contributed by atoms with Crippen LogP contribution < -0.4 is 0 Å². The summed E-state index contributed by atoms with van der Waals surface area (Å²) in [7, 11) is 0. The zero-order valence-corrected chi connectivity index (χ0v) is 8.29. The second kappa shape index (κ2) is 1.92. The van der Waals surface area contributed by atoms with Gasteiger partial charge in [0.05, 0.1) is 0 Å². The number of allylic oxidation sites excluding steroid dienone is 1. The summed E-state index contributed by atoms with van der Waals surface area (Å²) in [6.45, 7) is 8.15. The van der Waals surface area contributed by atoms with Crippen molar-refractivity contribution < 1.29 is 4.79 Å². The Balaban J connectivity index is 2.01. The molecule has 0 aromatic heterocycles. The third-order valence-electron chi connectivity index (χ3n) is 4.79. The highest BCUT2D eigenvalue weighted by atomic mass is 16.1. The van der Waals surface area contributed by atoms with Crippen molar-refractivity contribution in [1.82, 2.24) is 0 Å². The molecule has 3 rings (SSSR count). The first kappa shape index (κ1) is 7.78. The van der Waals surface area contributed by atoms with Gasteiger partial charge in [0.2, 0.25) is 0 Å². The molecule has 3 aliphatic rings. The minimum absolute atomic E-state index is 0.0242. The van der Waals surface area contributed by atoms with Gasteiger partial charge in [0.1, 0.15) is 5.78 Å². The van der Waals surface area contributed by atoms with Crippen LogP contribution in [0.2, 0.25) is 0 Å². The van der Waals surface area contributed by atoms with Crippen LogP contribution in [-0.2, 0) is 4.79 Å². The van der Waals surface area contributed by atoms with Crippen molar-refractivity contribution in [3.05, 3.63) is 12.7 Å². The normalized spacial score (nSPS) is 54.9. The Bertz CT molecular complexity index is 302. The van der Waals surface area contributed by atoms with Gasteiger partial charge in [-0.1, -0.05) is 19.9 Å².